The monoisotopic (exact) mass is 484 g/mol. The van der Waals surface area contributed by atoms with Gasteiger partial charge in [-0.25, -0.2) is 4.79 Å². The Labute approximate surface area is 206 Å². The molecular formula is C28H36O7. The number of fused-ring (bicyclic) bond motifs is 4. The number of allylic oxidation sites excluding steroid dienone is 1. The maximum absolute atomic E-state index is 14.0. The molecule has 4 aliphatic rings. The zero-order chi connectivity index (χ0) is 25.6. The summed E-state index contributed by atoms with van der Waals surface area (Å²) in [6, 6.07) is 1.84. The fraction of sp³-hybridized carbons (Fsp3) is 0.679. The number of hydrogen-bond donors (Lipinski definition) is 1. The molecule has 4 fully saturated rings. The lowest BCUT2D eigenvalue weighted by Crippen LogP contribution is -2.59. The van der Waals surface area contributed by atoms with Gasteiger partial charge in [-0.2, -0.15) is 0 Å². The van der Waals surface area contributed by atoms with Crippen LogP contribution in [0.25, 0.3) is 0 Å². The van der Waals surface area contributed by atoms with E-state index in [1.54, 1.807) is 12.5 Å². The highest BCUT2D eigenvalue weighted by atomic mass is 16.5. The van der Waals surface area contributed by atoms with Crippen molar-refractivity contribution in [2.45, 2.75) is 72.0 Å². The van der Waals surface area contributed by atoms with Crippen molar-refractivity contribution in [3.63, 3.8) is 0 Å². The van der Waals surface area contributed by atoms with Gasteiger partial charge in [0.2, 0.25) is 0 Å². The van der Waals surface area contributed by atoms with Gasteiger partial charge in [-0.1, -0.05) is 39.8 Å². The number of cyclic esters (lactones) is 1. The van der Waals surface area contributed by atoms with E-state index in [9.17, 15) is 19.5 Å². The Morgan fingerprint density at radius 2 is 1.94 bits per heavy atom. The van der Waals surface area contributed by atoms with Crippen LogP contribution in [0.15, 0.2) is 35.2 Å². The standard InChI is InChI=1S/C28H36O7/c1-15-18-7-9-27(5)23(16-8-10-34-14-16)35-19(29)13-28(15,27)12-17-11-26(18,4)21(20(30)24(32)33-6)25(2,3)22(17)31/h8,10,14,17-18,20-21,23,30H,1,7,9,11-13H2,2-6H3. The van der Waals surface area contributed by atoms with Crippen molar-refractivity contribution in [1.29, 1.82) is 0 Å². The number of methoxy groups -OCH3 is 1. The van der Waals surface area contributed by atoms with Crippen LogP contribution in [-0.4, -0.2) is 36.0 Å². The fourth-order valence-corrected chi connectivity index (χ4v) is 9.04. The number of aliphatic hydroxyl groups excluding tert-OH is 1. The summed E-state index contributed by atoms with van der Waals surface area (Å²) in [5.41, 5.74) is -0.844. The van der Waals surface area contributed by atoms with E-state index in [0.717, 1.165) is 24.0 Å². The number of ketones is 1. The van der Waals surface area contributed by atoms with Crippen LogP contribution in [0.2, 0.25) is 0 Å². The Hall–Kier alpha value is -2.41. The smallest absolute Gasteiger partial charge is 0.335 e. The van der Waals surface area contributed by atoms with E-state index in [0.29, 0.717) is 12.8 Å². The fourth-order valence-electron chi connectivity index (χ4n) is 9.04. The number of rotatable bonds is 3. The molecule has 3 aliphatic carbocycles. The zero-order valence-electron chi connectivity index (χ0n) is 21.3. The van der Waals surface area contributed by atoms with Crippen LogP contribution in [-0.2, 0) is 23.9 Å². The molecule has 1 saturated heterocycles. The highest BCUT2D eigenvalue weighted by Gasteiger charge is 2.71. The molecule has 1 aromatic rings. The highest BCUT2D eigenvalue weighted by molar-refractivity contribution is 5.90. The molecule has 5 rings (SSSR count). The molecule has 0 aromatic carbocycles. The van der Waals surface area contributed by atoms with Crippen molar-refractivity contribution < 1.29 is 33.4 Å². The molecule has 35 heavy (non-hydrogen) atoms. The maximum Gasteiger partial charge on any atom is 0.335 e. The van der Waals surface area contributed by atoms with Gasteiger partial charge in [-0.3, -0.25) is 9.59 Å². The van der Waals surface area contributed by atoms with E-state index in [1.165, 1.54) is 7.11 Å². The van der Waals surface area contributed by atoms with E-state index in [2.05, 4.69) is 20.4 Å². The predicted octanol–water partition coefficient (Wildman–Crippen LogP) is 4.40. The van der Waals surface area contributed by atoms with Gasteiger partial charge in [-0.15, -0.1) is 0 Å². The lowest BCUT2D eigenvalue weighted by atomic mass is 9.44. The molecular weight excluding hydrogens is 448 g/mol. The minimum atomic E-state index is -1.42. The van der Waals surface area contributed by atoms with Gasteiger partial charge < -0.3 is 19.0 Å². The van der Waals surface area contributed by atoms with Crippen LogP contribution >= 0.6 is 0 Å². The lowest BCUT2D eigenvalue weighted by Gasteiger charge is -2.61. The van der Waals surface area contributed by atoms with Crippen LogP contribution < -0.4 is 0 Å². The summed E-state index contributed by atoms with van der Waals surface area (Å²) in [4.78, 5) is 39.7. The first-order valence-electron chi connectivity index (χ1n) is 12.5. The third-order valence-corrected chi connectivity index (χ3v) is 10.5. The molecule has 3 saturated carbocycles. The summed E-state index contributed by atoms with van der Waals surface area (Å²) >= 11 is 0. The predicted molar refractivity (Wildman–Crippen MR) is 126 cm³/mol. The Balaban J connectivity index is 1.69. The van der Waals surface area contributed by atoms with Crippen LogP contribution in [0.5, 0.6) is 0 Å². The average molecular weight is 485 g/mol. The first-order valence-corrected chi connectivity index (χ1v) is 12.5. The molecule has 2 heterocycles. The lowest BCUT2D eigenvalue weighted by molar-refractivity contribution is -0.195. The Morgan fingerprint density at radius 1 is 1.23 bits per heavy atom. The second-order valence-corrected chi connectivity index (χ2v) is 12.4. The summed E-state index contributed by atoms with van der Waals surface area (Å²) in [6.07, 6.45) is 4.06. The number of aliphatic hydroxyl groups is 1. The summed E-state index contributed by atoms with van der Waals surface area (Å²) in [6.45, 7) is 12.6. The molecule has 0 radical (unpaired) electrons. The molecule has 8 unspecified atom stereocenters. The van der Waals surface area contributed by atoms with Gasteiger partial charge in [0.25, 0.3) is 0 Å². The minimum absolute atomic E-state index is 0.0267. The molecule has 7 heteroatoms. The number of carbonyl (C=O) groups is 3. The zero-order valence-corrected chi connectivity index (χ0v) is 21.3. The summed E-state index contributed by atoms with van der Waals surface area (Å²) in [5.74, 6) is -2.00. The first-order chi connectivity index (χ1) is 16.3. The van der Waals surface area contributed by atoms with Crippen LogP contribution in [0.1, 0.15) is 71.5 Å². The normalized spacial score (nSPS) is 43.0. The van der Waals surface area contributed by atoms with E-state index >= 15 is 0 Å². The second-order valence-electron chi connectivity index (χ2n) is 12.4. The summed E-state index contributed by atoms with van der Waals surface area (Å²) < 4.78 is 16.2. The quantitative estimate of drug-likeness (QED) is 0.501. The third-order valence-electron chi connectivity index (χ3n) is 10.5. The average Bonchev–Trinajstić information content (AvgIpc) is 3.30. The number of carbonyl (C=O) groups excluding carboxylic acids is 3. The molecule has 8 atom stereocenters. The number of hydrogen-bond acceptors (Lipinski definition) is 7. The maximum atomic E-state index is 14.0. The van der Waals surface area contributed by atoms with Crippen LogP contribution in [0.3, 0.4) is 0 Å². The van der Waals surface area contributed by atoms with Gasteiger partial charge in [0, 0.05) is 33.6 Å². The van der Waals surface area contributed by atoms with Gasteiger partial charge in [0.05, 0.1) is 26.1 Å². The molecule has 1 aliphatic heterocycles. The molecule has 1 aromatic heterocycles. The van der Waals surface area contributed by atoms with E-state index in [4.69, 9.17) is 13.9 Å². The van der Waals surface area contributed by atoms with E-state index < -0.39 is 45.8 Å². The highest BCUT2D eigenvalue weighted by Crippen LogP contribution is 2.74. The van der Waals surface area contributed by atoms with Crippen molar-refractivity contribution in [3.8, 4) is 0 Å². The largest absolute Gasteiger partial charge is 0.472 e. The SMILES string of the molecule is C=C1C2CCC3(C)C(c4ccoc4)OC(=O)CC13CC1CC2(C)C(C(O)C(=O)OC)C(C)(C)C1=O. The summed E-state index contributed by atoms with van der Waals surface area (Å²) in [5, 5.41) is 11.2. The topological polar surface area (TPSA) is 103 Å². The van der Waals surface area contributed by atoms with Gasteiger partial charge >= 0.3 is 11.9 Å². The van der Waals surface area contributed by atoms with Crippen molar-refractivity contribution in [1.82, 2.24) is 0 Å². The van der Waals surface area contributed by atoms with E-state index in [1.807, 2.05) is 19.9 Å². The number of Topliss-reactive ketones (excluding diaryl/α,β-unsaturated/α-hetero) is 1. The Morgan fingerprint density at radius 3 is 2.57 bits per heavy atom. The first kappa shape index (κ1) is 24.3. The molecule has 1 N–H and O–H groups in total. The molecule has 7 nitrogen and oxygen atoms in total. The van der Waals surface area contributed by atoms with Gasteiger partial charge in [0.1, 0.15) is 11.9 Å². The molecule has 1 spiro atoms. The molecule has 0 amide bonds. The van der Waals surface area contributed by atoms with Crippen molar-refractivity contribution in [2.75, 3.05) is 7.11 Å². The van der Waals surface area contributed by atoms with Gasteiger partial charge in [-0.05, 0) is 43.1 Å². The molecule has 4 bridgehead atoms. The van der Waals surface area contributed by atoms with Crippen molar-refractivity contribution in [3.05, 3.63) is 36.3 Å². The number of esters is 2. The third kappa shape index (κ3) is 2.96. The van der Waals surface area contributed by atoms with Crippen molar-refractivity contribution >= 4 is 17.7 Å². The number of ether oxygens (including phenoxy) is 2. The molecule has 190 valence electrons. The van der Waals surface area contributed by atoms with Crippen molar-refractivity contribution in [2.24, 2.45) is 39.4 Å². The number of furan rings is 1. The Kier molecular flexibility index (Phi) is 5.24. The summed E-state index contributed by atoms with van der Waals surface area (Å²) in [7, 11) is 1.26. The minimum Gasteiger partial charge on any atom is -0.472 e. The van der Waals surface area contributed by atoms with E-state index in [-0.39, 0.29) is 30.0 Å². The van der Waals surface area contributed by atoms with Crippen LogP contribution in [0.4, 0.5) is 0 Å². The Bertz CT molecular complexity index is 1090. The van der Waals surface area contributed by atoms with Crippen LogP contribution in [0, 0.1) is 39.4 Å². The second kappa shape index (κ2) is 7.55. The van der Waals surface area contributed by atoms with Gasteiger partial charge in [0.15, 0.2) is 6.10 Å².